The largest absolute Gasteiger partial charge is 0.490 e. The highest BCUT2D eigenvalue weighted by molar-refractivity contribution is 6.30. The number of hydrogen-bond donors (Lipinski definition) is 4. The second kappa shape index (κ2) is 9.11. The van der Waals surface area contributed by atoms with Gasteiger partial charge in [-0.05, 0) is 46.7 Å². The maximum Gasteiger partial charge on any atom is 0.263 e. The van der Waals surface area contributed by atoms with E-state index in [4.69, 9.17) is 16.3 Å². The van der Waals surface area contributed by atoms with E-state index < -0.39 is 29.6 Å². The number of carbonyl (C=O) groups is 2. The zero-order valence-electron chi connectivity index (χ0n) is 17.9. The van der Waals surface area contributed by atoms with Crippen LogP contribution < -0.4 is 20.9 Å². The molecule has 5 rings (SSSR count). The summed E-state index contributed by atoms with van der Waals surface area (Å²) in [7, 11) is 0. The van der Waals surface area contributed by atoms with Crippen LogP contribution in [0.2, 0.25) is 5.02 Å². The summed E-state index contributed by atoms with van der Waals surface area (Å²) in [6.45, 7) is 0.610. The highest BCUT2D eigenvalue weighted by Crippen LogP contribution is 2.41. The lowest BCUT2D eigenvalue weighted by Gasteiger charge is -2.37. The van der Waals surface area contributed by atoms with Gasteiger partial charge in [0.2, 0.25) is 5.91 Å². The van der Waals surface area contributed by atoms with Gasteiger partial charge in [0.25, 0.3) is 5.91 Å². The molecule has 3 aromatic rings. The maximum absolute atomic E-state index is 13.2. The molecule has 2 aromatic carbocycles. The number of hydrazine groups is 1. The normalized spacial score (nSPS) is 23.7. The van der Waals surface area contributed by atoms with Gasteiger partial charge in [-0.2, -0.15) is 0 Å². The van der Waals surface area contributed by atoms with Crippen molar-refractivity contribution >= 4 is 23.4 Å². The van der Waals surface area contributed by atoms with Gasteiger partial charge < -0.3 is 9.84 Å². The number of halogens is 1. The lowest BCUT2D eigenvalue weighted by molar-refractivity contribution is -0.150. The van der Waals surface area contributed by atoms with Crippen molar-refractivity contribution in [1.82, 2.24) is 36.4 Å². The lowest BCUT2D eigenvalue weighted by Crippen LogP contribution is -2.54. The third kappa shape index (κ3) is 4.26. The highest BCUT2D eigenvalue weighted by Gasteiger charge is 2.47. The number of tetrazole rings is 1. The first-order valence-corrected chi connectivity index (χ1v) is 11.2. The Morgan fingerprint density at radius 1 is 1.29 bits per heavy atom. The summed E-state index contributed by atoms with van der Waals surface area (Å²) in [6.07, 6.45) is 1.64. The SMILES string of the molecule is O=C(NC(=O)[C@]1(O)C[C@H](Cc2cc(Cl)ccc2-n2cnnn2)Oc2ccccc21)C1CCNN1. The predicted molar refractivity (Wildman–Crippen MR) is 120 cm³/mol. The van der Waals surface area contributed by atoms with Crippen LogP contribution in [-0.4, -0.2) is 55.8 Å². The molecule has 34 heavy (non-hydrogen) atoms. The predicted octanol–water partition coefficient (Wildman–Crippen LogP) is 0.406. The Hall–Kier alpha value is -3.38. The van der Waals surface area contributed by atoms with Crippen molar-refractivity contribution in [3.05, 3.63) is 64.9 Å². The molecule has 12 heteroatoms. The summed E-state index contributed by atoms with van der Waals surface area (Å²) in [6, 6.07) is 11.5. The van der Waals surface area contributed by atoms with E-state index in [1.165, 1.54) is 11.0 Å². The minimum Gasteiger partial charge on any atom is -0.490 e. The molecule has 1 saturated heterocycles. The van der Waals surface area contributed by atoms with E-state index in [2.05, 4.69) is 31.7 Å². The molecule has 0 saturated carbocycles. The molecule has 0 aliphatic carbocycles. The molecule has 11 nitrogen and oxygen atoms in total. The third-order valence-corrected chi connectivity index (χ3v) is 6.23. The van der Waals surface area contributed by atoms with E-state index in [9.17, 15) is 14.7 Å². The van der Waals surface area contributed by atoms with Crippen molar-refractivity contribution in [3.8, 4) is 11.4 Å². The van der Waals surface area contributed by atoms with Gasteiger partial charge in [0, 0.05) is 30.0 Å². The standard InChI is InChI=1S/C22H22ClN7O4/c23-14-5-6-18(30-12-25-28-29-30)13(9-14)10-15-11-22(33,16-3-1-2-4-19(16)34-15)21(32)26-20(31)17-7-8-24-27-17/h1-6,9,12,15,17,24,27,33H,7-8,10-11H2,(H,26,31,32)/t15-,17?,22-/m0/s1. The molecule has 3 atom stereocenters. The number of hydrogen-bond acceptors (Lipinski definition) is 9. The van der Waals surface area contributed by atoms with Crippen LogP contribution in [0.3, 0.4) is 0 Å². The highest BCUT2D eigenvalue weighted by atomic mass is 35.5. The van der Waals surface area contributed by atoms with Crippen LogP contribution in [0.25, 0.3) is 5.69 Å². The fraction of sp³-hybridized carbons (Fsp3) is 0.318. The van der Waals surface area contributed by atoms with Gasteiger partial charge >= 0.3 is 0 Å². The first kappa shape index (κ1) is 22.4. The van der Waals surface area contributed by atoms with Crippen LogP contribution in [0.4, 0.5) is 0 Å². The second-order valence-electron chi connectivity index (χ2n) is 8.26. The van der Waals surface area contributed by atoms with E-state index in [1.54, 1.807) is 42.5 Å². The number of benzene rings is 2. The maximum atomic E-state index is 13.2. The number of aromatic nitrogens is 4. The van der Waals surface area contributed by atoms with Crippen molar-refractivity contribution in [1.29, 1.82) is 0 Å². The van der Waals surface area contributed by atoms with Gasteiger partial charge in [-0.1, -0.05) is 29.8 Å². The average Bonchev–Trinajstić information content (AvgIpc) is 3.54. The zero-order chi connectivity index (χ0) is 23.7. The molecule has 1 unspecified atom stereocenters. The molecule has 0 bridgehead atoms. The second-order valence-corrected chi connectivity index (χ2v) is 8.70. The van der Waals surface area contributed by atoms with Gasteiger partial charge in [0.1, 0.15) is 24.2 Å². The minimum absolute atomic E-state index is 0.0684. The van der Waals surface area contributed by atoms with Crippen LogP contribution in [0.15, 0.2) is 48.8 Å². The fourth-order valence-electron chi connectivity index (χ4n) is 4.34. The molecule has 1 fully saturated rings. The quantitative estimate of drug-likeness (QED) is 0.379. The van der Waals surface area contributed by atoms with Gasteiger partial charge in [0.15, 0.2) is 5.60 Å². The van der Waals surface area contributed by atoms with Crippen molar-refractivity contribution < 1.29 is 19.4 Å². The molecule has 3 heterocycles. The summed E-state index contributed by atoms with van der Waals surface area (Å²) >= 11 is 6.24. The Kier molecular flexibility index (Phi) is 6.00. The van der Waals surface area contributed by atoms with Crippen LogP contribution in [0, 0.1) is 0 Å². The molecule has 1 aromatic heterocycles. The number of rotatable bonds is 5. The van der Waals surface area contributed by atoms with Gasteiger partial charge in [-0.3, -0.25) is 20.3 Å². The van der Waals surface area contributed by atoms with Crippen molar-refractivity contribution in [2.75, 3.05) is 6.54 Å². The molecule has 2 aliphatic rings. The number of para-hydroxylation sites is 1. The van der Waals surface area contributed by atoms with E-state index in [0.29, 0.717) is 41.4 Å². The first-order chi connectivity index (χ1) is 16.4. The molecule has 176 valence electrons. The number of carbonyl (C=O) groups excluding carboxylic acids is 2. The first-order valence-electron chi connectivity index (χ1n) is 10.8. The third-order valence-electron chi connectivity index (χ3n) is 6.00. The Bertz CT molecular complexity index is 1220. The summed E-state index contributed by atoms with van der Waals surface area (Å²) in [5.74, 6) is -0.922. The Labute approximate surface area is 199 Å². The number of fused-ring (bicyclic) bond motifs is 1. The topological polar surface area (TPSA) is 143 Å². The van der Waals surface area contributed by atoms with E-state index in [-0.39, 0.29) is 6.42 Å². The van der Waals surface area contributed by atoms with Crippen LogP contribution in [0.1, 0.15) is 24.0 Å². The molecule has 2 aliphatic heterocycles. The smallest absolute Gasteiger partial charge is 0.263 e. The monoisotopic (exact) mass is 483 g/mol. The molecular weight excluding hydrogens is 462 g/mol. The Morgan fingerprint density at radius 3 is 2.91 bits per heavy atom. The molecule has 4 N–H and O–H groups in total. The summed E-state index contributed by atoms with van der Waals surface area (Å²) in [4.78, 5) is 25.7. The molecule has 0 radical (unpaired) electrons. The van der Waals surface area contributed by atoms with E-state index in [1.807, 2.05) is 0 Å². The van der Waals surface area contributed by atoms with Crippen molar-refractivity contribution in [2.24, 2.45) is 0 Å². The van der Waals surface area contributed by atoms with Gasteiger partial charge in [0.05, 0.1) is 5.69 Å². The molecule has 0 spiro atoms. The van der Waals surface area contributed by atoms with Crippen LogP contribution >= 0.6 is 11.6 Å². The van der Waals surface area contributed by atoms with Crippen LogP contribution in [-0.2, 0) is 21.6 Å². The summed E-state index contributed by atoms with van der Waals surface area (Å²) < 4.78 is 7.65. The lowest BCUT2D eigenvalue weighted by atomic mass is 9.82. The number of nitrogens with zero attached hydrogens (tertiary/aromatic N) is 4. The number of nitrogens with one attached hydrogen (secondary N) is 3. The van der Waals surface area contributed by atoms with Gasteiger partial charge in [-0.25, -0.2) is 10.1 Å². The van der Waals surface area contributed by atoms with E-state index >= 15 is 0 Å². The average molecular weight is 484 g/mol. The number of amides is 2. The van der Waals surface area contributed by atoms with Crippen molar-refractivity contribution in [3.63, 3.8) is 0 Å². The minimum atomic E-state index is -1.96. The number of ether oxygens (including phenoxy) is 1. The number of imide groups is 1. The summed E-state index contributed by atoms with van der Waals surface area (Å²) in [5, 5.41) is 25.8. The Morgan fingerprint density at radius 2 is 2.15 bits per heavy atom. The summed E-state index contributed by atoms with van der Waals surface area (Å²) in [5.41, 5.74) is 5.47. The zero-order valence-corrected chi connectivity index (χ0v) is 18.7. The molecular formula is C22H22ClN7O4. The Balaban J connectivity index is 1.43. The van der Waals surface area contributed by atoms with Crippen LogP contribution in [0.5, 0.6) is 5.75 Å². The number of aliphatic hydroxyl groups is 1. The van der Waals surface area contributed by atoms with Gasteiger partial charge in [-0.15, -0.1) is 5.10 Å². The van der Waals surface area contributed by atoms with Crippen molar-refractivity contribution in [2.45, 2.75) is 37.0 Å². The fourth-order valence-corrected chi connectivity index (χ4v) is 4.54. The molecule has 2 amide bonds. The van der Waals surface area contributed by atoms with E-state index in [0.717, 1.165) is 5.56 Å².